The van der Waals surface area contributed by atoms with Crippen LogP contribution >= 0.6 is 0 Å². The molecule has 1 aromatic carbocycles. The SMILES string of the molecule is COc1ccc2cnc(C3CCN(CC(=O)[C@@H](C)N4CCCC4=O)CC3)cc2c1C. The van der Waals surface area contributed by atoms with E-state index in [2.05, 4.69) is 24.0 Å². The van der Waals surface area contributed by atoms with Crippen molar-refractivity contribution in [1.82, 2.24) is 14.8 Å². The topological polar surface area (TPSA) is 62.7 Å². The minimum absolute atomic E-state index is 0.115. The van der Waals surface area contributed by atoms with E-state index in [1.54, 1.807) is 12.0 Å². The lowest BCUT2D eigenvalue weighted by molar-refractivity contribution is -0.136. The monoisotopic (exact) mass is 409 g/mol. The fourth-order valence-corrected chi connectivity index (χ4v) is 4.80. The average Bonchev–Trinajstić information content (AvgIpc) is 3.19. The summed E-state index contributed by atoms with van der Waals surface area (Å²) in [6.07, 6.45) is 5.39. The predicted octanol–water partition coefficient (Wildman–Crippen LogP) is 3.31. The molecule has 2 aliphatic rings. The van der Waals surface area contributed by atoms with Crippen LogP contribution in [0.15, 0.2) is 24.4 Å². The van der Waals surface area contributed by atoms with Crippen LogP contribution in [0.3, 0.4) is 0 Å². The number of hydrogen-bond donors (Lipinski definition) is 0. The van der Waals surface area contributed by atoms with Gasteiger partial charge >= 0.3 is 0 Å². The lowest BCUT2D eigenvalue weighted by Crippen LogP contribution is -2.46. The van der Waals surface area contributed by atoms with Gasteiger partial charge in [0.2, 0.25) is 5.91 Å². The second kappa shape index (κ2) is 8.72. The van der Waals surface area contributed by atoms with Gasteiger partial charge in [0, 0.05) is 36.2 Å². The van der Waals surface area contributed by atoms with Crippen molar-refractivity contribution in [3.63, 3.8) is 0 Å². The minimum atomic E-state index is -0.308. The lowest BCUT2D eigenvalue weighted by atomic mass is 9.91. The van der Waals surface area contributed by atoms with E-state index in [1.165, 1.54) is 5.39 Å². The third-order valence-corrected chi connectivity index (χ3v) is 6.79. The number of carbonyl (C=O) groups is 2. The second-order valence-electron chi connectivity index (χ2n) is 8.61. The summed E-state index contributed by atoms with van der Waals surface area (Å²) in [5.41, 5.74) is 2.27. The van der Waals surface area contributed by atoms with Gasteiger partial charge in [-0.2, -0.15) is 0 Å². The molecule has 1 atom stereocenters. The van der Waals surface area contributed by atoms with Crippen LogP contribution in [0.1, 0.15) is 49.8 Å². The van der Waals surface area contributed by atoms with Crippen molar-refractivity contribution in [2.45, 2.75) is 51.5 Å². The average molecular weight is 410 g/mol. The van der Waals surface area contributed by atoms with Gasteiger partial charge in [0.15, 0.2) is 5.78 Å². The van der Waals surface area contributed by atoms with Crippen LogP contribution in [0.2, 0.25) is 0 Å². The van der Waals surface area contributed by atoms with E-state index in [0.717, 1.165) is 54.7 Å². The number of methoxy groups -OCH3 is 1. The third-order valence-electron chi connectivity index (χ3n) is 6.79. The van der Waals surface area contributed by atoms with Crippen molar-refractivity contribution in [3.8, 4) is 5.75 Å². The number of carbonyl (C=O) groups excluding carboxylic acids is 2. The number of aryl methyl sites for hydroxylation is 1. The molecule has 6 heteroatoms. The smallest absolute Gasteiger partial charge is 0.223 e. The van der Waals surface area contributed by atoms with Gasteiger partial charge in [-0.15, -0.1) is 0 Å². The van der Waals surface area contributed by atoms with E-state index < -0.39 is 0 Å². The van der Waals surface area contributed by atoms with Crippen LogP contribution in [0.4, 0.5) is 0 Å². The first-order valence-corrected chi connectivity index (χ1v) is 11.0. The largest absolute Gasteiger partial charge is 0.496 e. The van der Waals surface area contributed by atoms with Crippen molar-refractivity contribution in [3.05, 3.63) is 35.7 Å². The standard InChI is InChI=1S/C24H31N3O3/c1-16-20-13-21(25-14-19(20)6-7-23(16)30-3)18-8-11-26(12-9-18)15-22(28)17(2)27-10-4-5-24(27)29/h6-7,13-14,17-18H,4-5,8-12,15H2,1-3H3/t17-/m1/s1. The number of fused-ring (bicyclic) bond motifs is 1. The summed E-state index contributed by atoms with van der Waals surface area (Å²) in [5, 5.41) is 2.33. The molecule has 0 bridgehead atoms. The molecule has 0 unspecified atom stereocenters. The Hall–Kier alpha value is -2.47. The summed E-state index contributed by atoms with van der Waals surface area (Å²) in [7, 11) is 1.70. The van der Waals surface area contributed by atoms with E-state index in [9.17, 15) is 9.59 Å². The van der Waals surface area contributed by atoms with Crippen molar-refractivity contribution in [2.75, 3.05) is 33.3 Å². The molecule has 1 aromatic heterocycles. The number of nitrogens with zero attached hydrogens (tertiary/aromatic N) is 3. The number of amides is 1. The highest BCUT2D eigenvalue weighted by molar-refractivity contribution is 5.90. The van der Waals surface area contributed by atoms with E-state index in [4.69, 9.17) is 9.72 Å². The zero-order valence-corrected chi connectivity index (χ0v) is 18.2. The van der Waals surface area contributed by atoms with Crippen LogP contribution in [-0.2, 0) is 9.59 Å². The Morgan fingerprint density at radius 2 is 2.03 bits per heavy atom. The van der Waals surface area contributed by atoms with Gasteiger partial charge in [-0.05, 0) is 75.3 Å². The molecule has 2 aromatic rings. The molecule has 2 aliphatic heterocycles. The fourth-order valence-electron chi connectivity index (χ4n) is 4.80. The number of ketones is 1. The zero-order chi connectivity index (χ0) is 21.3. The maximum atomic E-state index is 12.7. The summed E-state index contributed by atoms with van der Waals surface area (Å²) in [6, 6.07) is 5.95. The number of pyridine rings is 1. The summed E-state index contributed by atoms with van der Waals surface area (Å²) in [4.78, 5) is 33.3. The van der Waals surface area contributed by atoms with Crippen LogP contribution in [-0.4, -0.2) is 65.8 Å². The number of piperidine rings is 1. The van der Waals surface area contributed by atoms with Gasteiger partial charge in [0.05, 0.1) is 19.7 Å². The van der Waals surface area contributed by atoms with Crippen LogP contribution in [0.25, 0.3) is 10.8 Å². The molecule has 0 radical (unpaired) electrons. The molecule has 0 aliphatic carbocycles. The second-order valence-corrected chi connectivity index (χ2v) is 8.61. The Balaban J connectivity index is 1.38. The molecule has 0 spiro atoms. The third kappa shape index (κ3) is 4.06. The Bertz CT molecular complexity index is 950. The lowest BCUT2D eigenvalue weighted by Gasteiger charge is -2.33. The predicted molar refractivity (Wildman–Crippen MR) is 117 cm³/mol. The van der Waals surface area contributed by atoms with E-state index in [-0.39, 0.29) is 17.7 Å². The first kappa shape index (κ1) is 20.8. The molecule has 4 rings (SSSR count). The Kier molecular flexibility index (Phi) is 6.04. The van der Waals surface area contributed by atoms with E-state index >= 15 is 0 Å². The summed E-state index contributed by atoms with van der Waals surface area (Å²) < 4.78 is 5.47. The number of likely N-dealkylation sites (tertiary alicyclic amines) is 2. The van der Waals surface area contributed by atoms with E-state index in [0.29, 0.717) is 25.4 Å². The molecule has 0 saturated carbocycles. The van der Waals surface area contributed by atoms with Crippen molar-refractivity contribution in [2.24, 2.45) is 0 Å². The first-order valence-electron chi connectivity index (χ1n) is 11.0. The van der Waals surface area contributed by atoms with Gasteiger partial charge < -0.3 is 9.64 Å². The minimum Gasteiger partial charge on any atom is -0.496 e. The first-order chi connectivity index (χ1) is 14.5. The normalized spacial score (nSPS) is 19.4. The molecule has 6 nitrogen and oxygen atoms in total. The van der Waals surface area contributed by atoms with Gasteiger partial charge in [-0.1, -0.05) is 0 Å². The molecule has 160 valence electrons. The molecule has 2 fully saturated rings. The maximum absolute atomic E-state index is 12.7. The van der Waals surface area contributed by atoms with Crippen LogP contribution in [0, 0.1) is 6.92 Å². The zero-order valence-electron chi connectivity index (χ0n) is 18.2. The molecule has 3 heterocycles. The number of aromatic nitrogens is 1. The van der Waals surface area contributed by atoms with Crippen LogP contribution in [0.5, 0.6) is 5.75 Å². The van der Waals surface area contributed by atoms with Gasteiger partial charge in [0.25, 0.3) is 0 Å². The van der Waals surface area contributed by atoms with Gasteiger partial charge in [0.1, 0.15) is 5.75 Å². The molecular formula is C24H31N3O3. The quantitative estimate of drug-likeness (QED) is 0.732. The summed E-state index contributed by atoms with van der Waals surface area (Å²) in [5.74, 6) is 1.57. The number of Topliss-reactive ketones (excluding diaryl/α,β-unsaturated/α-hetero) is 1. The Morgan fingerprint density at radius 3 is 2.70 bits per heavy atom. The molecule has 0 N–H and O–H groups in total. The maximum Gasteiger partial charge on any atom is 0.223 e. The van der Waals surface area contributed by atoms with Crippen molar-refractivity contribution < 1.29 is 14.3 Å². The number of ether oxygens (including phenoxy) is 1. The van der Waals surface area contributed by atoms with Crippen molar-refractivity contribution >= 4 is 22.5 Å². The Labute approximate surface area is 178 Å². The highest BCUT2D eigenvalue weighted by atomic mass is 16.5. The fraction of sp³-hybridized carbons (Fsp3) is 0.542. The summed E-state index contributed by atoms with van der Waals surface area (Å²) in [6.45, 7) is 6.87. The van der Waals surface area contributed by atoms with E-state index in [1.807, 2.05) is 19.2 Å². The highest BCUT2D eigenvalue weighted by Gasteiger charge is 2.31. The highest BCUT2D eigenvalue weighted by Crippen LogP contribution is 2.32. The van der Waals surface area contributed by atoms with Crippen LogP contribution < -0.4 is 4.74 Å². The Morgan fingerprint density at radius 1 is 1.27 bits per heavy atom. The molecule has 30 heavy (non-hydrogen) atoms. The van der Waals surface area contributed by atoms with Crippen molar-refractivity contribution in [1.29, 1.82) is 0 Å². The summed E-state index contributed by atoms with van der Waals surface area (Å²) >= 11 is 0. The van der Waals surface area contributed by atoms with Gasteiger partial charge in [-0.3, -0.25) is 19.5 Å². The number of hydrogen-bond acceptors (Lipinski definition) is 5. The molecule has 1 amide bonds. The number of rotatable bonds is 6. The van der Waals surface area contributed by atoms with Gasteiger partial charge in [-0.25, -0.2) is 0 Å². The molecule has 2 saturated heterocycles. The number of benzene rings is 1. The molecular weight excluding hydrogens is 378 g/mol.